The minimum atomic E-state index is -0.143. The predicted molar refractivity (Wildman–Crippen MR) is 95.4 cm³/mol. The third kappa shape index (κ3) is 4.84. The lowest BCUT2D eigenvalue weighted by molar-refractivity contribution is -0.115. The van der Waals surface area contributed by atoms with Crippen LogP contribution in [0, 0.1) is 6.92 Å². The molecule has 0 fully saturated rings. The van der Waals surface area contributed by atoms with Crippen LogP contribution in [-0.4, -0.2) is 18.4 Å². The van der Waals surface area contributed by atoms with Crippen molar-refractivity contribution in [2.24, 2.45) is 0 Å². The van der Waals surface area contributed by atoms with Crippen molar-refractivity contribution in [1.29, 1.82) is 0 Å². The second-order valence-corrected chi connectivity index (χ2v) is 5.46. The number of ether oxygens (including phenoxy) is 1. The third-order valence-electron chi connectivity index (χ3n) is 3.52. The molecule has 2 amide bonds. The highest BCUT2D eigenvalue weighted by Gasteiger charge is 2.09. The fraction of sp³-hybridized carbons (Fsp3) is 0.263. The monoisotopic (exact) mass is 326 g/mol. The molecule has 2 aromatic rings. The van der Waals surface area contributed by atoms with E-state index in [-0.39, 0.29) is 18.2 Å². The predicted octanol–water partition coefficient (Wildman–Crippen LogP) is 3.53. The molecule has 126 valence electrons. The van der Waals surface area contributed by atoms with E-state index in [0.717, 1.165) is 16.9 Å². The number of anilines is 2. The van der Waals surface area contributed by atoms with Gasteiger partial charge in [-0.3, -0.25) is 9.59 Å². The number of nitrogens with one attached hydrogen (secondary N) is 2. The summed E-state index contributed by atoms with van der Waals surface area (Å²) in [4.78, 5) is 23.5. The highest BCUT2D eigenvalue weighted by molar-refractivity contribution is 5.95. The van der Waals surface area contributed by atoms with E-state index >= 15 is 0 Å². The zero-order valence-electron chi connectivity index (χ0n) is 14.2. The molecule has 0 aliphatic heterocycles. The number of carbonyl (C=O) groups is 2. The fourth-order valence-corrected chi connectivity index (χ4v) is 2.35. The molecule has 0 spiro atoms. The Hall–Kier alpha value is -2.82. The van der Waals surface area contributed by atoms with E-state index in [2.05, 4.69) is 10.6 Å². The molecule has 0 radical (unpaired) electrons. The summed E-state index contributed by atoms with van der Waals surface area (Å²) in [6, 6.07) is 12.9. The van der Waals surface area contributed by atoms with Crippen molar-refractivity contribution in [1.82, 2.24) is 0 Å². The Bertz CT molecular complexity index is 724. The van der Waals surface area contributed by atoms with Crippen LogP contribution in [0.15, 0.2) is 42.5 Å². The topological polar surface area (TPSA) is 67.4 Å². The zero-order chi connectivity index (χ0) is 17.5. The summed E-state index contributed by atoms with van der Waals surface area (Å²) in [5.74, 6) is 0.540. The Labute approximate surface area is 142 Å². The Morgan fingerprint density at radius 1 is 1.00 bits per heavy atom. The van der Waals surface area contributed by atoms with Crippen molar-refractivity contribution in [3.8, 4) is 5.75 Å². The molecular weight excluding hydrogens is 304 g/mol. The lowest BCUT2D eigenvalue weighted by atomic mass is 10.1. The van der Waals surface area contributed by atoms with E-state index in [1.54, 1.807) is 12.1 Å². The Balaban J connectivity index is 2.03. The Kier molecular flexibility index (Phi) is 5.95. The van der Waals surface area contributed by atoms with Crippen molar-refractivity contribution in [3.05, 3.63) is 53.6 Å². The van der Waals surface area contributed by atoms with Gasteiger partial charge in [0.2, 0.25) is 11.8 Å². The number of hydrogen-bond donors (Lipinski definition) is 2. The van der Waals surface area contributed by atoms with Gasteiger partial charge in [-0.1, -0.05) is 18.2 Å². The molecular formula is C19H22N2O3. The quantitative estimate of drug-likeness (QED) is 0.853. The van der Waals surface area contributed by atoms with Crippen LogP contribution < -0.4 is 15.4 Å². The molecule has 0 bridgehead atoms. The summed E-state index contributed by atoms with van der Waals surface area (Å²) in [7, 11) is 0. The lowest BCUT2D eigenvalue weighted by Crippen LogP contribution is -2.16. The van der Waals surface area contributed by atoms with Gasteiger partial charge in [0, 0.05) is 18.3 Å². The molecule has 0 aliphatic carbocycles. The summed E-state index contributed by atoms with van der Waals surface area (Å²) in [6.45, 7) is 5.86. The van der Waals surface area contributed by atoms with Gasteiger partial charge in [0.15, 0.2) is 0 Å². The van der Waals surface area contributed by atoms with E-state index in [0.29, 0.717) is 18.0 Å². The SMILES string of the molecule is CCOc1ccc(CC(=O)Nc2cccc(NC(C)=O)c2C)cc1. The van der Waals surface area contributed by atoms with Gasteiger partial charge in [0.05, 0.1) is 13.0 Å². The highest BCUT2D eigenvalue weighted by atomic mass is 16.5. The maximum absolute atomic E-state index is 12.2. The van der Waals surface area contributed by atoms with Crippen molar-refractivity contribution in [2.75, 3.05) is 17.2 Å². The van der Waals surface area contributed by atoms with E-state index < -0.39 is 0 Å². The van der Waals surface area contributed by atoms with E-state index in [9.17, 15) is 9.59 Å². The average Bonchev–Trinajstić information content (AvgIpc) is 2.53. The largest absolute Gasteiger partial charge is 0.494 e. The van der Waals surface area contributed by atoms with Crippen molar-refractivity contribution < 1.29 is 14.3 Å². The number of hydrogen-bond acceptors (Lipinski definition) is 3. The van der Waals surface area contributed by atoms with Crippen LogP contribution in [0.1, 0.15) is 25.0 Å². The molecule has 0 saturated heterocycles. The summed E-state index contributed by atoms with van der Waals surface area (Å²) >= 11 is 0. The average molecular weight is 326 g/mol. The van der Waals surface area contributed by atoms with Gasteiger partial charge >= 0.3 is 0 Å². The second kappa shape index (κ2) is 8.15. The van der Waals surface area contributed by atoms with Crippen LogP contribution in [-0.2, 0) is 16.0 Å². The zero-order valence-corrected chi connectivity index (χ0v) is 14.2. The normalized spacial score (nSPS) is 10.1. The number of carbonyl (C=O) groups excluding carboxylic acids is 2. The van der Waals surface area contributed by atoms with Crippen molar-refractivity contribution in [3.63, 3.8) is 0 Å². The maximum Gasteiger partial charge on any atom is 0.228 e. The van der Waals surface area contributed by atoms with Gasteiger partial charge in [0.1, 0.15) is 5.75 Å². The third-order valence-corrected chi connectivity index (χ3v) is 3.52. The minimum Gasteiger partial charge on any atom is -0.494 e. The van der Waals surface area contributed by atoms with Crippen LogP contribution in [0.3, 0.4) is 0 Å². The molecule has 2 N–H and O–H groups in total. The molecule has 0 aromatic heterocycles. The van der Waals surface area contributed by atoms with Gasteiger partial charge in [-0.2, -0.15) is 0 Å². The van der Waals surface area contributed by atoms with Crippen LogP contribution in [0.5, 0.6) is 5.75 Å². The summed E-state index contributed by atoms with van der Waals surface area (Å²) in [5.41, 5.74) is 3.12. The van der Waals surface area contributed by atoms with Crippen LogP contribution in [0.4, 0.5) is 11.4 Å². The standard InChI is InChI=1S/C19H22N2O3/c1-4-24-16-10-8-15(9-11-16)12-19(23)21-18-7-5-6-17(13(18)2)20-14(3)22/h5-11H,4,12H2,1-3H3,(H,20,22)(H,21,23). The molecule has 0 unspecified atom stereocenters. The van der Waals surface area contributed by atoms with Gasteiger partial charge in [-0.05, 0) is 49.2 Å². The Morgan fingerprint density at radius 2 is 1.62 bits per heavy atom. The maximum atomic E-state index is 12.2. The Morgan fingerprint density at radius 3 is 2.21 bits per heavy atom. The van der Waals surface area contributed by atoms with E-state index in [1.165, 1.54) is 6.92 Å². The first kappa shape index (κ1) is 17.5. The molecule has 5 heteroatoms. The van der Waals surface area contributed by atoms with Crippen molar-refractivity contribution in [2.45, 2.75) is 27.2 Å². The number of rotatable bonds is 6. The minimum absolute atomic E-state index is 0.109. The second-order valence-electron chi connectivity index (χ2n) is 5.46. The molecule has 2 rings (SSSR count). The van der Waals surface area contributed by atoms with Crippen molar-refractivity contribution >= 4 is 23.2 Å². The summed E-state index contributed by atoms with van der Waals surface area (Å²) in [6.07, 6.45) is 0.274. The summed E-state index contributed by atoms with van der Waals surface area (Å²) in [5, 5.41) is 5.64. The first-order chi connectivity index (χ1) is 11.5. The molecule has 0 heterocycles. The fourth-order valence-electron chi connectivity index (χ4n) is 2.35. The summed E-state index contributed by atoms with van der Waals surface area (Å²) < 4.78 is 5.39. The van der Waals surface area contributed by atoms with E-state index in [1.807, 2.05) is 44.2 Å². The van der Waals surface area contributed by atoms with Crippen LogP contribution in [0.2, 0.25) is 0 Å². The smallest absolute Gasteiger partial charge is 0.228 e. The number of benzene rings is 2. The van der Waals surface area contributed by atoms with Crippen LogP contribution in [0.25, 0.3) is 0 Å². The molecule has 0 aliphatic rings. The van der Waals surface area contributed by atoms with E-state index in [4.69, 9.17) is 4.74 Å². The molecule has 2 aromatic carbocycles. The first-order valence-electron chi connectivity index (χ1n) is 7.88. The molecule has 0 saturated carbocycles. The van der Waals surface area contributed by atoms with Gasteiger partial charge in [-0.15, -0.1) is 0 Å². The molecule has 24 heavy (non-hydrogen) atoms. The van der Waals surface area contributed by atoms with Gasteiger partial charge in [-0.25, -0.2) is 0 Å². The van der Waals surface area contributed by atoms with Gasteiger partial charge < -0.3 is 15.4 Å². The first-order valence-corrected chi connectivity index (χ1v) is 7.88. The van der Waals surface area contributed by atoms with Gasteiger partial charge in [0.25, 0.3) is 0 Å². The molecule has 0 atom stereocenters. The lowest BCUT2D eigenvalue weighted by Gasteiger charge is -2.13. The van der Waals surface area contributed by atoms with Crippen LogP contribution >= 0.6 is 0 Å². The number of amides is 2. The molecule has 5 nitrogen and oxygen atoms in total. The highest BCUT2D eigenvalue weighted by Crippen LogP contribution is 2.23.